The highest BCUT2D eigenvalue weighted by Gasteiger charge is 2.23. The summed E-state index contributed by atoms with van der Waals surface area (Å²) >= 11 is 0. The Morgan fingerprint density at radius 1 is 1.24 bits per heavy atom. The van der Waals surface area contributed by atoms with E-state index in [1.54, 1.807) is 0 Å². The van der Waals surface area contributed by atoms with Gasteiger partial charge in [-0.2, -0.15) is 0 Å². The number of rotatable bonds is 4. The molecule has 1 aliphatic heterocycles. The van der Waals surface area contributed by atoms with Crippen LogP contribution in [-0.4, -0.2) is 23.5 Å². The SMILES string of the molecule is CC1(C)CCCN(Cc2ccoc2CNC(C)(C)C)CC1. The van der Waals surface area contributed by atoms with Gasteiger partial charge in [-0.15, -0.1) is 0 Å². The summed E-state index contributed by atoms with van der Waals surface area (Å²) in [5, 5.41) is 3.52. The lowest BCUT2D eigenvalue weighted by Gasteiger charge is -2.24. The van der Waals surface area contributed by atoms with E-state index in [1.807, 2.05) is 6.26 Å². The van der Waals surface area contributed by atoms with Crippen LogP contribution in [0.2, 0.25) is 0 Å². The van der Waals surface area contributed by atoms with Gasteiger partial charge in [0.05, 0.1) is 12.8 Å². The molecule has 1 aromatic heterocycles. The average Bonchev–Trinajstić information content (AvgIpc) is 2.72. The van der Waals surface area contributed by atoms with Crippen LogP contribution in [0.1, 0.15) is 65.2 Å². The second-order valence-corrected chi connectivity index (χ2v) is 8.27. The van der Waals surface area contributed by atoms with Crippen LogP contribution < -0.4 is 5.32 Å². The van der Waals surface area contributed by atoms with E-state index in [-0.39, 0.29) is 5.54 Å². The van der Waals surface area contributed by atoms with E-state index >= 15 is 0 Å². The first-order valence-corrected chi connectivity index (χ1v) is 8.28. The molecule has 0 aromatic carbocycles. The van der Waals surface area contributed by atoms with Crippen LogP contribution in [-0.2, 0) is 13.1 Å². The van der Waals surface area contributed by atoms with E-state index in [0.29, 0.717) is 5.41 Å². The van der Waals surface area contributed by atoms with Crippen LogP contribution in [0.5, 0.6) is 0 Å². The third kappa shape index (κ3) is 5.48. The molecule has 0 radical (unpaired) electrons. The van der Waals surface area contributed by atoms with E-state index in [9.17, 15) is 0 Å². The summed E-state index contributed by atoms with van der Waals surface area (Å²) in [6.45, 7) is 15.6. The van der Waals surface area contributed by atoms with Crippen LogP contribution in [0.3, 0.4) is 0 Å². The molecule has 0 spiro atoms. The van der Waals surface area contributed by atoms with Gasteiger partial charge in [0, 0.05) is 17.6 Å². The van der Waals surface area contributed by atoms with E-state index in [4.69, 9.17) is 4.42 Å². The van der Waals surface area contributed by atoms with Crippen LogP contribution in [0.4, 0.5) is 0 Å². The van der Waals surface area contributed by atoms with Gasteiger partial charge in [-0.05, 0) is 64.6 Å². The van der Waals surface area contributed by atoms with Crippen molar-refractivity contribution in [3.63, 3.8) is 0 Å². The monoisotopic (exact) mass is 292 g/mol. The van der Waals surface area contributed by atoms with E-state index in [1.165, 1.54) is 37.9 Å². The van der Waals surface area contributed by atoms with Crippen LogP contribution in [0, 0.1) is 5.41 Å². The molecule has 120 valence electrons. The maximum atomic E-state index is 5.68. The topological polar surface area (TPSA) is 28.4 Å². The number of nitrogens with zero attached hydrogens (tertiary/aromatic N) is 1. The lowest BCUT2D eigenvalue weighted by molar-refractivity contribution is 0.253. The molecule has 0 saturated carbocycles. The summed E-state index contributed by atoms with van der Waals surface area (Å²) in [5.74, 6) is 1.09. The van der Waals surface area contributed by atoms with E-state index < -0.39 is 0 Å². The zero-order chi connectivity index (χ0) is 15.5. The highest BCUT2D eigenvalue weighted by Crippen LogP contribution is 2.30. The summed E-state index contributed by atoms with van der Waals surface area (Å²) in [5.41, 5.74) is 1.96. The van der Waals surface area contributed by atoms with Gasteiger partial charge in [-0.3, -0.25) is 4.90 Å². The molecule has 1 fully saturated rings. The van der Waals surface area contributed by atoms with Gasteiger partial charge in [0.1, 0.15) is 5.76 Å². The highest BCUT2D eigenvalue weighted by atomic mass is 16.3. The quantitative estimate of drug-likeness (QED) is 0.902. The van der Waals surface area contributed by atoms with Gasteiger partial charge in [0.25, 0.3) is 0 Å². The summed E-state index contributed by atoms with van der Waals surface area (Å²) in [4.78, 5) is 2.58. The molecule has 3 heteroatoms. The van der Waals surface area contributed by atoms with E-state index in [2.05, 4.69) is 50.9 Å². The third-order valence-electron chi connectivity index (χ3n) is 4.44. The van der Waals surface area contributed by atoms with E-state index in [0.717, 1.165) is 18.8 Å². The van der Waals surface area contributed by atoms with Gasteiger partial charge in [0.2, 0.25) is 0 Å². The third-order valence-corrected chi connectivity index (χ3v) is 4.44. The molecule has 0 bridgehead atoms. The molecule has 1 aromatic rings. The van der Waals surface area contributed by atoms with Crippen molar-refractivity contribution < 1.29 is 4.42 Å². The zero-order valence-corrected chi connectivity index (χ0v) is 14.5. The fourth-order valence-electron chi connectivity index (χ4n) is 2.89. The van der Waals surface area contributed by atoms with Crippen molar-refractivity contribution in [1.29, 1.82) is 0 Å². The molecule has 1 saturated heterocycles. The predicted octanol–water partition coefficient (Wildman–Crippen LogP) is 4.18. The Morgan fingerprint density at radius 2 is 2.00 bits per heavy atom. The number of furan rings is 1. The van der Waals surface area contributed by atoms with Crippen molar-refractivity contribution in [1.82, 2.24) is 10.2 Å². The molecule has 3 nitrogen and oxygen atoms in total. The van der Waals surface area contributed by atoms with Gasteiger partial charge in [-0.1, -0.05) is 13.8 Å². The molecule has 21 heavy (non-hydrogen) atoms. The van der Waals surface area contributed by atoms with Gasteiger partial charge in [-0.25, -0.2) is 0 Å². The highest BCUT2D eigenvalue weighted by molar-refractivity contribution is 5.17. The standard InChI is InChI=1S/C18H32N2O/c1-17(2,3)19-13-16-15(7-12-21-16)14-20-10-6-8-18(4,5)9-11-20/h7,12,19H,6,8-11,13-14H2,1-5H3. The zero-order valence-electron chi connectivity index (χ0n) is 14.5. The Labute approximate surface area is 130 Å². The Kier molecular flexibility index (Phi) is 5.15. The lowest BCUT2D eigenvalue weighted by Crippen LogP contribution is -2.35. The first-order chi connectivity index (χ1) is 9.75. The van der Waals surface area contributed by atoms with Gasteiger partial charge in [0.15, 0.2) is 0 Å². The largest absolute Gasteiger partial charge is 0.468 e. The predicted molar refractivity (Wildman–Crippen MR) is 88.2 cm³/mol. The smallest absolute Gasteiger partial charge is 0.122 e. The maximum Gasteiger partial charge on any atom is 0.122 e. The number of likely N-dealkylation sites (tertiary alicyclic amines) is 1. The first-order valence-electron chi connectivity index (χ1n) is 8.28. The molecule has 0 atom stereocenters. The van der Waals surface area contributed by atoms with Crippen LogP contribution in [0.25, 0.3) is 0 Å². The second kappa shape index (κ2) is 6.53. The first kappa shape index (κ1) is 16.6. The molecule has 1 N–H and O–H groups in total. The molecule has 2 heterocycles. The molecule has 0 aliphatic carbocycles. The molecular weight excluding hydrogens is 260 g/mol. The van der Waals surface area contributed by atoms with Crippen molar-refractivity contribution in [3.05, 3.63) is 23.7 Å². The van der Waals surface area contributed by atoms with Crippen LogP contribution in [0.15, 0.2) is 16.7 Å². The minimum atomic E-state index is 0.122. The second-order valence-electron chi connectivity index (χ2n) is 8.27. The normalized spacial score (nSPS) is 20.4. The molecule has 1 aliphatic rings. The van der Waals surface area contributed by atoms with Crippen molar-refractivity contribution >= 4 is 0 Å². The average molecular weight is 292 g/mol. The number of hydrogen-bond donors (Lipinski definition) is 1. The van der Waals surface area contributed by atoms with Crippen molar-refractivity contribution in [2.24, 2.45) is 5.41 Å². The minimum Gasteiger partial charge on any atom is -0.468 e. The minimum absolute atomic E-state index is 0.122. The number of hydrogen-bond acceptors (Lipinski definition) is 3. The van der Waals surface area contributed by atoms with Gasteiger partial charge >= 0.3 is 0 Å². The maximum absolute atomic E-state index is 5.68. The Balaban J connectivity index is 1.92. The van der Waals surface area contributed by atoms with Crippen molar-refractivity contribution in [2.75, 3.05) is 13.1 Å². The molecule has 2 rings (SSSR count). The molecule has 0 unspecified atom stereocenters. The summed E-state index contributed by atoms with van der Waals surface area (Å²) in [6, 6.07) is 2.13. The summed E-state index contributed by atoms with van der Waals surface area (Å²) in [6.07, 6.45) is 5.77. The Bertz CT molecular complexity index is 442. The number of nitrogens with one attached hydrogen (secondary N) is 1. The van der Waals surface area contributed by atoms with Crippen molar-refractivity contribution in [3.8, 4) is 0 Å². The summed E-state index contributed by atoms with van der Waals surface area (Å²) in [7, 11) is 0. The fraction of sp³-hybridized carbons (Fsp3) is 0.778. The molecular formula is C18H32N2O. The Hall–Kier alpha value is -0.800. The lowest BCUT2D eigenvalue weighted by atomic mass is 9.85. The van der Waals surface area contributed by atoms with Gasteiger partial charge < -0.3 is 9.73 Å². The molecule has 0 amide bonds. The fourth-order valence-corrected chi connectivity index (χ4v) is 2.89. The van der Waals surface area contributed by atoms with Crippen LogP contribution >= 0.6 is 0 Å². The Morgan fingerprint density at radius 3 is 2.71 bits per heavy atom. The van der Waals surface area contributed by atoms with Crippen molar-refractivity contribution in [2.45, 2.75) is 72.5 Å². The summed E-state index contributed by atoms with van der Waals surface area (Å²) < 4.78 is 5.68.